The van der Waals surface area contributed by atoms with Crippen LogP contribution in [0.25, 0.3) is 0 Å². The molecule has 1 unspecified atom stereocenters. The summed E-state index contributed by atoms with van der Waals surface area (Å²) >= 11 is 0. The smallest absolute Gasteiger partial charge is 0.268 e. The number of rotatable bonds is 6. The van der Waals surface area contributed by atoms with Crippen molar-refractivity contribution < 1.29 is 4.79 Å². The Kier molecular flexibility index (Phi) is 4.95. The number of nitrogens with zero attached hydrogens (tertiary/aromatic N) is 3. The zero-order chi connectivity index (χ0) is 16.1. The Bertz CT molecular complexity index is 644. The summed E-state index contributed by atoms with van der Waals surface area (Å²) in [5.74, 6) is -0.552. The molecule has 2 heterocycles. The minimum atomic E-state index is -0.552. The number of aromatic nitrogens is 2. The number of nitrogens with two attached hydrogens (primary N) is 1. The molecule has 1 aliphatic rings. The van der Waals surface area contributed by atoms with Gasteiger partial charge in [0.25, 0.3) is 5.91 Å². The average Bonchev–Trinajstić information content (AvgIpc) is 3.02. The number of amides is 1. The minimum absolute atomic E-state index is 0.198. The first-order valence-corrected chi connectivity index (χ1v) is 7.81. The molecule has 0 radical (unpaired) electrons. The van der Waals surface area contributed by atoms with Crippen molar-refractivity contribution in [1.82, 2.24) is 20.2 Å². The molecule has 0 aliphatic carbocycles. The van der Waals surface area contributed by atoms with Gasteiger partial charge in [0.2, 0.25) is 0 Å². The normalized spacial score (nSPS) is 18.2. The van der Waals surface area contributed by atoms with E-state index in [1.54, 1.807) is 6.20 Å². The van der Waals surface area contributed by atoms with Crippen LogP contribution in [0.1, 0.15) is 28.2 Å². The Balaban J connectivity index is 1.45. The van der Waals surface area contributed by atoms with Crippen LogP contribution in [0.5, 0.6) is 0 Å². The molecule has 1 amide bonds. The van der Waals surface area contributed by atoms with Crippen LogP contribution >= 0.6 is 0 Å². The van der Waals surface area contributed by atoms with Gasteiger partial charge in [0.15, 0.2) is 0 Å². The lowest BCUT2D eigenvalue weighted by molar-refractivity contribution is 0.0995. The van der Waals surface area contributed by atoms with Gasteiger partial charge in [-0.05, 0) is 12.0 Å². The van der Waals surface area contributed by atoms with Crippen LogP contribution in [-0.4, -0.2) is 39.9 Å². The highest BCUT2D eigenvalue weighted by Crippen LogP contribution is 2.13. The summed E-state index contributed by atoms with van der Waals surface area (Å²) in [6.07, 6.45) is 4.15. The van der Waals surface area contributed by atoms with Crippen LogP contribution in [0.2, 0.25) is 0 Å². The maximum absolute atomic E-state index is 11.0. The molecule has 6 heteroatoms. The van der Waals surface area contributed by atoms with E-state index in [9.17, 15) is 4.79 Å². The van der Waals surface area contributed by atoms with Crippen molar-refractivity contribution in [2.24, 2.45) is 5.73 Å². The summed E-state index contributed by atoms with van der Waals surface area (Å²) in [5.41, 5.74) is 7.52. The number of hydrogen-bond acceptors (Lipinski definition) is 5. The molecule has 1 saturated heterocycles. The lowest BCUT2D eigenvalue weighted by Gasteiger charge is -2.16. The number of likely N-dealkylation sites (tertiary alicyclic amines) is 1. The van der Waals surface area contributed by atoms with Gasteiger partial charge in [-0.1, -0.05) is 30.3 Å². The zero-order valence-corrected chi connectivity index (χ0v) is 13.0. The molecule has 1 aliphatic heterocycles. The highest BCUT2D eigenvalue weighted by Gasteiger charge is 2.21. The average molecular weight is 311 g/mol. The third-order valence-corrected chi connectivity index (χ3v) is 4.05. The lowest BCUT2D eigenvalue weighted by atomic mass is 10.2. The van der Waals surface area contributed by atoms with Gasteiger partial charge >= 0.3 is 0 Å². The first-order chi connectivity index (χ1) is 11.2. The van der Waals surface area contributed by atoms with Crippen LogP contribution in [0.15, 0.2) is 42.7 Å². The maximum Gasteiger partial charge on any atom is 0.268 e. The van der Waals surface area contributed by atoms with E-state index in [4.69, 9.17) is 5.73 Å². The summed E-state index contributed by atoms with van der Waals surface area (Å²) in [6, 6.07) is 11.0. The molecule has 0 saturated carbocycles. The molecule has 1 atom stereocenters. The summed E-state index contributed by atoms with van der Waals surface area (Å²) in [4.78, 5) is 21.6. The molecule has 0 spiro atoms. The zero-order valence-electron chi connectivity index (χ0n) is 13.0. The first-order valence-electron chi connectivity index (χ1n) is 7.81. The summed E-state index contributed by atoms with van der Waals surface area (Å²) < 4.78 is 0. The molecule has 1 aromatic carbocycles. The second-order valence-corrected chi connectivity index (χ2v) is 5.84. The molecule has 1 aromatic heterocycles. The molecule has 3 N–H and O–H groups in total. The van der Waals surface area contributed by atoms with E-state index in [0.717, 1.165) is 31.7 Å². The lowest BCUT2D eigenvalue weighted by Crippen LogP contribution is -2.32. The fourth-order valence-electron chi connectivity index (χ4n) is 2.81. The molecule has 2 aromatic rings. The Morgan fingerprint density at radius 1 is 1.26 bits per heavy atom. The van der Waals surface area contributed by atoms with Crippen LogP contribution < -0.4 is 11.1 Å². The monoisotopic (exact) mass is 311 g/mol. The van der Waals surface area contributed by atoms with Gasteiger partial charge in [0, 0.05) is 32.2 Å². The predicted octanol–water partition coefficient (Wildman–Crippen LogP) is 0.940. The summed E-state index contributed by atoms with van der Waals surface area (Å²) in [5, 5.41) is 3.50. The van der Waals surface area contributed by atoms with E-state index in [1.165, 1.54) is 11.8 Å². The molecule has 1 fully saturated rings. The van der Waals surface area contributed by atoms with Gasteiger partial charge in [0.1, 0.15) is 5.69 Å². The van der Waals surface area contributed by atoms with Gasteiger partial charge < -0.3 is 11.1 Å². The van der Waals surface area contributed by atoms with Gasteiger partial charge in [-0.15, -0.1) is 0 Å². The first kappa shape index (κ1) is 15.6. The van der Waals surface area contributed by atoms with Gasteiger partial charge in [-0.25, -0.2) is 4.98 Å². The highest BCUT2D eigenvalue weighted by molar-refractivity contribution is 5.90. The van der Waals surface area contributed by atoms with Crippen molar-refractivity contribution in [3.63, 3.8) is 0 Å². The Hall–Kier alpha value is -2.31. The molecule has 3 rings (SSSR count). The van der Waals surface area contributed by atoms with Crippen LogP contribution in [0, 0.1) is 0 Å². The Labute approximate surface area is 135 Å². The van der Waals surface area contributed by atoms with Crippen LogP contribution in [-0.2, 0) is 13.1 Å². The quantitative estimate of drug-likeness (QED) is 0.829. The third kappa shape index (κ3) is 4.34. The van der Waals surface area contributed by atoms with Crippen molar-refractivity contribution in [2.75, 3.05) is 13.1 Å². The molecular formula is C17H21N5O. The predicted molar refractivity (Wildman–Crippen MR) is 87.5 cm³/mol. The molecular weight excluding hydrogens is 290 g/mol. The highest BCUT2D eigenvalue weighted by atomic mass is 16.1. The SMILES string of the molecule is NC(=O)c1cnc(CNC2CCN(Cc3ccccc3)C2)cn1. The Morgan fingerprint density at radius 2 is 2.09 bits per heavy atom. The fourth-order valence-corrected chi connectivity index (χ4v) is 2.81. The van der Waals surface area contributed by atoms with Gasteiger partial charge in [-0.3, -0.25) is 14.7 Å². The molecule has 0 bridgehead atoms. The van der Waals surface area contributed by atoms with Crippen LogP contribution in [0.4, 0.5) is 0 Å². The molecule has 6 nitrogen and oxygen atoms in total. The second-order valence-electron chi connectivity index (χ2n) is 5.84. The van der Waals surface area contributed by atoms with Crippen molar-refractivity contribution in [3.05, 3.63) is 59.7 Å². The second kappa shape index (κ2) is 7.30. The Morgan fingerprint density at radius 3 is 2.78 bits per heavy atom. The van der Waals surface area contributed by atoms with Crippen LogP contribution in [0.3, 0.4) is 0 Å². The van der Waals surface area contributed by atoms with Gasteiger partial charge in [0.05, 0.1) is 18.1 Å². The number of nitrogens with one attached hydrogen (secondary N) is 1. The van der Waals surface area contributed by atoms with E-state index in [2.05, 4.69) is 44.5 Å². The maximum atomic E-state index is 11.0. The molecule has 23 heavy (non-hydrogen) atoms. The van der Waals surface area contributed by atoms with Crippen molar-refractivity contribution in [3.8, 4) is 0 Å². The van der Waals surface area contributed by atoms with E-state index < -0.39 is 5.91 Å². The number of carbonyl (C=O) groups excluding carboxylic acids is 1. The minimum Gasteiger partial charge on any atom is -0.364 e. The number of hydrogen-bond donors (Lipinski definition) is 2. The van der Waals surface area contributed by atoms with Crippen molar-refractivity contribution in [2.45, 2.75) is 25.6 Å². The third-order valence-electron chi connectivity index (χ3n) is 4.05. The number of carbonyl (C=O) groups is 1. The molecule has 120 valence electrons. The van der Waals surface area contributed by atoms with E-state index in [1.807, 2.05) is 6.07 Å². The van der Waals surface area contributed by atoms with Crippen molar-refractivity contribution >= 4 is 5.91 Å². The topological polar surface area (TPSA) is 84.1 Å². The summed E-state index contributed by atoms with van der Waals surface area (Å²) in [6.45, 7) is 3.77. The van der Waals surface area contributed by atoms with Gasteiger partial charge in [-0.2, -0.15) is 0 Å². The summed E-state index contributed by atoms with van der Waals surface area (Å²) in [7, 11) is 0. The van der Waals surface area contributed by atoms with E-state index in [-0.39, 0.29) is 5.69 Å². The number of benzene rings is 1. The fraction of sp³-hybridized carbons (Fsp3) is 0.353. The van der Waals surface area contributed by atoms with E-state index >= 15 is 0 Å². The van der Waals surface area contributed by atoms with Crippen molar-refractivity contribution in [1.29, 1.82) is 0 Å². The van der Waals surface area contributed by atoms with E-state index in [0.29, 0.717) is 12.6 Å². The largest absolute Gasteiger partial charge is 0.364 e. The number of primary amides is 1. The standard InChI is InChI=1S/C17H21N5O/c18-17(23)16-10-20-15(9-21-16)8-19-14-6-7-22(12-14)11-13-4-2-1-3-5-13/h1-5,9-10,14,19H,6-8,11-12H2,(H2,18,23).